The maximum Gasteiger partial charge on any atom is 0.278 e. The SMILES string of the molecule is Cc1ccc(S(=O)(=O)N(C(=O)COc2ccc(Cl)cc2)c2cccc(C)c2C)cc1. The average molecular weight is 444 g/mol. The number of rotatable bonds is 6. The van der Waals surface area contributed by atoms with Crippen molar-refractivity contribution in [2.45, 2.75) is 25.7 Å². The van der Waals surface area contributed by atoms with Crippen LogP contribution in [0, 0.1) is 20.8 Å². The fraction of sp³-hybridized carbons (Fsp3) is 0.174. The zero-order chi connectivity index (χ0) is 21.9. The zero-order valence-electron chi connectivity index (χ0n) is 16.9. The average Bonchev–Trinajstić information content (AvgIpc) is 2.71. The number of hydrogen-bond donors (Lipinski definition) is 0. The molecular weight excluding hydrogens is 422 g/mol. The Hall–Kier alpha value is -2.83. The van der Waals surface area contributed by atoms with E-state index in [9.17, 15) is 13.2 Å². The molecule has 5 nitrogen and oxygen atoms in total. The van der Waals surface area contributed by atoms with Crippen LogP contribution < -0.4 is 9.04 Å². The predicted octanol–water partition coefficient (Wildman–Crippen LogP) is 5.07. The first kappa shape index (κ1) is 21.9. The molecule has 0 atom stereocenters. The second-order valence-corrected chi connectivity index (χ2v) is 9.16. The number of carbonyl (C=O) groups excluding carboxylic acids is 1. The summed E-state index contributed by atoms with van der Waals surface area (Å²) in [6, 6.07) is 18.1. The summed E-state index contributed by atoms with van der Waals surface area (Å²) in [5, 5.41) is 0.535. The van der Waals surface area contributed by atoms with Gasteiger partial charge >= 0.3 is 0 Å². The van der Waals surface area contributed by atoms with Crippen molar-refractivity contribution < 1.29 is 17.9 Å². The molecule has 1 amide bonds. The van der Waals surface area contributed by atoms with Crippen LogP contribution >= 0.6 is 11.6 Å². The molecule has 0 unspecified atom stereocenters. The number of nitrogens with zero attached hydrogens (tertiary/aromatic N) is 1. The van der Waals surface area contributed by atoms with Crippen molar-refractivity contribution in [3.05, 3.63) is 88.4 Å². The van der Waals surface area contributed by atoms with Crippen LogP contribution in [0.25, 0.3) is 0 Å². The molecule has 156 valence electrons. The van der Waals surface area contributed by atoms with E-state index in [1.807, 2.05) is 19.9 Å². The topological polar surface area (TPSA) is 63.7 Å². The summed E-state index contributed by atoms with van der Waals surface area (Å²) in [5.74, 6) is -0.277. The molecule has 0 bridgehead atoms. The van der Waals surface area contributed by atoms with Crippen molar-refractivity contribution in [2.75, 3.05) is 10.9 Å². The minimum absolute atomic E-state index is 0.0360. The molecule has 3 rings (SSSR count). The number of amides is 1. The van der Waals surface area contributed by atoms with Crippen LogP contribution in [-0.2, 0) is 14.8 Å². The molecule has 0 N–H and O–H groups in total. The van der Waals surface area contributed by atoms with Gasteiger partial charge in [-0.15, -0.1) is 0 Å². The normalized spacial score (nSPS) is 11.2. The molecule has 3 aromatic rings. The molecule has 0 aliphatic carbocycles. The van der Waals surface area contributed by atoms with Crippen LogP contribution in [0.2, 0.25) is 5.02 Å². The molecule has 30 heavy (non-hydrogen) atoms. The van der Waals surface area contributed by atoms with Gasteiger partial charge in [0.15, 0.2) is 6.61 Å². The molecule has 7 heteroatoms. The van der Waals surface area contributed by atoms with E-state index < -0.39 is 22.5 Å². The molecule has 0 saturated carbocycles. The second kappa shape index (κ2) is 8.90. The first-order valence-electron chi connectivity index (χ1n) is 9.29. The van der Waals surface area contributed by atoms with Gasteiger partial charge in [0.25, 0.3) is 15.9 Å². The van der Waals surface area contributed by atoms with E-state index in [1.54, 1.807) is 55.5 Å². The Morgan fingerprint density at radius 2 is 1.57 bits per heavy atom. The number of benzene rings is 3. The predicted molar refractivity (Wildman–Crippen MR) is 119 cm³/mol. The molecule has 0 aliphatic heterocycles. The van der Waals surface area contributed by atoms with Gasteiger partial charge in [0.05, 0.1) is 10.6 Å². The van der Waals surface area contributed by atoms with Gasteiger partial charge in [0, 0.05) is 5.02 Å². The molecule has 0 aliphatic rings. The molecule has 0 fully saturated rings. The lowest BCUT2D eigenvalue weighted by Gasteiger charge is -2.25. The van der Waals surface area contributed by atoms with Crippen LogP contribution in [0.1, 0.15) is 16.7 Å². The number of halogens is 1. The molecule has 0 aromatic heterocycles. The number of aryl methyl sites for hydroxylation is 2. The fourth-order valence-corrected chi connectivity index (χ4v) is 4.50. The highest BCUT2D eigenvalue weighted by Crippen LogP contribution is 2.29. The van der Waals surface area contributed by atoms with Crippen LogP contribution in [0.15, 0.2) is 71.6 Å². The summed E-state index contributed by atoms with van der Waals surface area (Å²) >= 11 is 5.87. The third-order valence-electron chi connectivity index (χ3n) is 4.76. The number of anilines is 1. The highest BCUT2D eigenvalue weighted by Gasteiger charge is 2.32. The minimum atomic E-state index is -4.14. The Morgan fingerprint density at radius 1 is 0.933 bits per heavy atom. The van der Waals surface area contributed by atoms with Gasteiger partial charge in [-0.25, -0.2) is 8.42 Å². The summed E-state index contributed by atoms with van der Waals surface area (Å²) in [6.45, 7) is 5.07. The zero-order valence-corrected chi connectivity index (χ0v) is 18.5. The first-order chi connectivity index (χ1) is 14.2. The standard InChI is InChI=1S/C23H22ClNO4S/c1-16-7-13-21(14-8-16)30(27,28)25(22-6-4-5-17(2)18(22)3)23(26)15-29-20-11-9-19(24)10-12-20/h4-14H,15H2,1-3H3. The molecule has 0 radical (unpaired) electrons. The molecule has 0 saturated heterocycles. The lowest BCUT2D eigenvalue weighted by molar-refractivity contribution is -0.119. The Morgan fingerprint density at radius 3 is 2.20 bits per heavy atom. The number of ether oxygens (including phenoxy) is 1. The van der Waals surface area contributed by atoms with Gasteiger partial charge in [-0.3, -0.25) is 4.79 Å². The number of sulfonamides is 1. The summed E-state index contributed by atoms with van der Waals surface area (Å²) in [7, 11) is -4.14. The van der Waals surface area contributed by atoms with E-state index in [2.05, 4.69) is 0 Å². The fourth-order valence-electron chi connectivity index (χ4n) is 2.90. The monoisotopic (exact) mass is 443 g/mol. The van der Waals surface area contributed by atoms with Crippen LogP contribution in [0.3, 0.4) is 0 Å². The van der Waals surface area contributed by atoms with E-state index in [0.29, 0.717) is 22.0 Å². The van der Waals surface area contributed by atoms with Crippen molar-refractivity contribution in [2.24, 2.45) is 0 Å². The molecule has 0 spiro atoms. The molecule has 3 aromatic carbocycles. The number of hydrogen-bond acceptors (Lipinski definition) is 4. The summed E-state index contributed by atoms with van der Waals surface area (Å²) in [6.07, 6.45) is 0. The Bertz CT molecular complexity index is 1160. The Balaban J connectivity index is 2.00. The molecular formula is C23H22ClNO4S. The summed E-state index contributed by atoms with van der Waals surface area (Å²) in [5.41, 5.74) is 2.81. The van der Waals surface area contributed by atoms with Crippen molar-refractivity contribution in [1.82, 2.24) is 0 Å². The van der Waals surface area contributed by atoms with E-state index in [1.165, 1.54) is 12.1 Å². The van der Waals surface area contributed by atoms with Crippen LogP contribution in [0.5, 0.6) is 5.75 Å². The van der Waals surface area contributed by atoms with Crippen LogP contribution in [-0.4, -0.2) is 20.9 Å². The van der Waals surface area contributed by atoms with E-state index in [0.717, 1.165) is 15.4 Å². The molecule has 0 heterocycles. The van der Waals surface area contributed by atoms with E-state index in [-0.39, 0.29) is 4.90 Å². The summed E-state index contributed by atoms with van der Waals surface area (Å²) in [4.78, 5) is 13.2. The minimum Gasteiger partial charge on any atom is -0.484 e. The van der Waals surface area contributed by atoms with Crippen molar-refractivity contribution in [3.8, 4) is 5.75 Å². The van der Waals surface area contributed by atoms with Gasteiger partial charge < -0.3 is 4.74 Å². The maximum absolute atomic E-state index is 13.4. The largest absolute Gasteiger partial charge is 0.484 e. The number of carbonyl (C=O) groups is 1. The third kappa shape index (κ3) is 4.66. The highest BCUT2D eigenvalue weighted by molar-refractivity contribution is 7.93. The van der Waals surface area contributed by atoms with Crippen molar-refractivity contribution in [3.63, 3.8) is 0 Å². The second-order valence-electron chi connectivity index (χ2n) is 6.94. The Kier molecular flexibility index (Phi) is 6.48. The van der Waals surface area contributed by atoms with Crippen LogP contribution in [0.4, 0.5) is 5.69 Å². The van der Waals surface area contributed by atoms with Gasteiger partial charge in [0.2, 0.25) is 0 Å². The lowest BCUT2D eigenvalue weighted by atomic mass is 10.1. The maximum atomic E-state index is 13.4. The van der Waals surface area contributed by atoms with Gasteiger partial charge in [0.1, 0.15) is 5.75 Å². The van der Waals surface area contributed by atoms with Gasteiger partial charge in [-0.1, -0.05) is 41.4 Å². The summed E-state index contributed by atoms with van der Waals surface area (Å²) < 4.78 is 33.2. The van der Waals surface area contributed by atoms with E-state index >= 15 is 0 Å². The quantitative estimate of drug-likeness (QED) is 0.533. The van der Waals surface area contributed by atoms with Crippen molar-refractivity contribution in [1.29, 1.82) is 0 Å². The smallest absolute Gasteiger partial charge is 0.278 e. The van der Waals surface area contributed by atoms with Gasteiger partial charge in [-0.2, -0.15) is 4.31 Å². The first-order valence-corrected chi connectivity index (χ1v) is 11.1. The Labute approximate surface area is 181 Å². The highest BCUT2D eigenvalue weighted by atomic mass is 35.5. The lowest BCUT2D eigenvalue weighted by Crippen LogP contribution is -2.40. The van der Waals surface area contributed by atoms with E-state index in [4.69, 9.17) is 16.3 Å². The third-order valence-corrected chi connectivity index (χ3v) is 6.76. The van der Waals surface area contributed by atoms with Crippen molar-refractivity contribution >= 4 is 33.2 Å². The van der Waals surface area contributed by atoms with Gasteiger partial charge in [-0.05, 0) is 74.4 Å².